The highest BCUT2D eigenvalue weighted by atomic mass is 32.2. The Bertz CT molecular complexity index is 459. The lowest BCUT2D eigenvalue weighted by Crippen LogP contribution is -2.28. The number of pyridine rings is 1. The van der Waals surface area contributed by atoms with Gasteiger partial charge in [-0.2, -0.15) is 11.8 Å². The van der Waals surface area contributed by atoms with E-state index in [1.54, 1.807) is 6.07 Å². The zero-order valence-corrected chi connectivity index (χ0v) is 11.7. The molecule has 0 spiro atoms. The number of carboxylic acid groups (broad SMARTS) is 1. The van der Waals surface area contributed by atoms with E-state index in [1.165, 1.54) is 18.9 Å². The molecule has 19 heavy (non-hydrogen) atoms. The van der Waals surface area contributed by atoms with Crippen LogP contribution in [-0.4, -0.2) is 33.6 Å². The number of nitrogens with one attached hydrogen (secondary N) is 1. The summed E-state index contributed by atoms with van der Waals surface area (Å²) in [6.07, 6.45) is 6.65. The van der Waals surface area contributed by atoms with Gasteiger partial charge in [0, 0.05) is 11.3 Å². The Morgan fingerprint density at radius 1 is 1.42 bits per heavy atom. The lowest BCUT2D eigenvalue weighted by molar-refractivity contribution is 0.0690. The van der Waals surface area contributed by atoms with Crippen molar-refractivity contribution in [2.75, 3.05) is 17.3 Å². The van der Waals surface area contributed by atoms with Crippen LogP contribution in [0.5, 0.6) is 0 Å². The van der Waals surface area contributed by atoms with Crippen LogP contribution < -0.4 is 11.1 Å². The molecule has 0 atom stereocenters. The fourth-order valence-corrected chi connectivity index (χ4v) is 3.08. The predicted molar refractivity (Wildman–Crippen MR) is 78.8 cm³/mol. The summed E-state index contributed by atoms with van der Waals surface area (Å²) in [6, 6.07) is 3.35. The van der Waals surface area contributed by atoms with Crippen molar-refractivity contribution in [2.45, 2.75) is 37.0 Å². The summed E-state index contributed by atoms with van der Waals surface area (Å²) >= 11 is 1.92. The van der Waals surface area contributed by atoms with Crippen LogP contribution in [0.1, 0.15) is 36.2 Å². The number of anilines is 2. The summed E-state index contributed by atoms with van der Waals surface area (Å²) in [5, 5.41) is 13.0. The van der Waals surface area contributed by atoms with Crippen LogP contribution in [0, 0.1) is 0 Å². The van der Waals surface area contributed by atoms with Crippen molar-refractivity contribution in [3.05, 3.63) is 17.8 Å². The predicted octanol–water partition coefficient (Wildman–Crippen LogP) is 2.45. The topological polar surface area (TPSA) is 88.2 Å². The maximum atomic E-state index is 10.9. The minimum atomic E-state index is -1.03. The van der Waals surface area contributed by atoms with Crippen molar-refractivity contribution >= 4 is 29.2 Å². The van der Waals surface area contributed by atoms with E-state index in [0.717, 1.165) is 18.1 Å². The van der Waals surface area contributed by atoms with Gasteiger partial charge in [0.25, 0.3) is 0 Å². The average molecular weight is 281 g/mol. The quantitative estimate of drug-likeness (QED) is 0.785. The molecule has 1 aromatic rings. The molecule has 5 nitrogen and oxygen atoms in total. The van der Waals surface area contributed by atoms with Crippen molar-refractivity contribution in [1.29, 1.82) is 0 Å². The highest BCUT2D eigenvalue weighted by molar-refractivity contribution is 7.99. The normalized spacial score (nSPS) is 23.0. The molecule has 0 radical (unpaired) electrons. The number of aromatic nitrogens is 1. The first-order valence-electron chi connectivity index (χ1n) is 6.39. The van der Waals surface area contributed by atoms with Gasteiger partial charge in [-0.3, -0.25) is 0 Å². The Balaban J connectivity index is 2.03. The molecule has 0 saturated heterocycles. The number of thioether (sulfide) groups is 1. The Morgan fingerprint density at radius 3 is 2.68 bits per heavy atom. The second-order valence-electron chi connectivity index (χ2n) is 4.79. The Morgan fingerprint density at radius 2 is 2.11 bits per heavy atom. The number of hydrogen-bond acceptors (Lipinski definition) is 5. The number of rotatable bonds is 4. The molecule has 0 aromatic carbocycles. The average Bonchev–Trinajstić information content (AvgIpc) is 2.42. The molecule has 1 aliphatic rings. The molecular formula is C13H19N3O2S. The fraction of sp³-hybridized carbons (Fsp3) is 0.538. The third-order valence-corrected chi connectivity index (χ3v) is 4.63. The van der Waals surface area contributed by atoms with Gasteiger partial charge in [0.2, 0.25) is 0 Å². The summed E-state index contributed by atoms with van der Waals surface area (Å²) in [6.45, 7) is 0. The lowest BCUT2D eigenvalue weighted by Gasteiger charge is -2.28. The van der Waals surface area contributed by atoms with Crippen molar-refractivity contribution in [3.8, 4) is 0 Å². The van der Waals surface area contributed by atoms with Crippen LogP contribution in [0.15, 0.2) is 12.1 Å². The highest BCUT2D eigenvalue weighted by Gasteiger charge is 2.21. The maximum absolute atomic E-state index is 10.9. The summed E-state index contributed by atoms with van der Waals surface area (Å²) in [5.41, 5.74) is 6.36. The van der Waals surface area contributed by atoms with Crippen LogP contribution in [-0.2, 0) is 0 Å². The van der Waals surface area contributed by atoms with Gasteiger partial charge < -0.3 is 16.2 Å². The Kier molecular flexibility index (Phi) is 4.52. The van der Waals surface area contributed by atoms with E-state index in [0.29, 0.717) is 17.5 Å². The van der Waals surface area contributed by atoms with Crippen LogP contribution in [0.3, 0.4) is 0 Å². The standard InChI is InChI=1S/C13H19N3O2S/c1-19-9-4-2-8(3-5-9)15-12-10(14)6-7-11(16-12)13(17)18/h6-9H,2-5,14H2,1H3,(H,15,16)(H,17,18). The number of carbonyl (C=O) groups is 1. The second-order valence-corrected chi connectivity index (χ2v) is 5.93. The number of carboxylic acids is 1. The monoisotopic (exact) mass is 281 g/mol. The van der Waals surface area contributed by atoms with Crippen LogP contribution >= 0.6 is 11.8 Å². The van der Waals surface area contributed by atoms with E-state index >= 15 is 0 Å². The molecule has 0 amide bonds. The van der Waals surface area contributed by atoms with Crippen molar-refractivity contribution in [3.63, 3.8) is 0 Å². The third-order valence-electron chi connectivity index (χ3n) is 3.49. The lowest BCUT2D eigenvalue weighted by atomic mass is 9.95. The minimum absolute atomic E-state index is 0.0227. The highest BCUT2D eigenvalue weighted by Crippen LogP contribution is 2.29. The van der Waals surface area contributed by atoms with Gasteiger partial charge in [-0.05, 0) is 44.1 Å². The van der Waals surface area contributed by atoms with E-state index in [-0.39, 0.29) is 5.69 Å². The molecule has 1 aliphatic carbocycles. The molecule has 0 aliphatic heterocycles. The van der Waals surface area contributed by atoms with Gasteiger partial charge >= 0.3 is 5.97 Å². The molecule has 1 heterocycles. The first-order chi connectivity index (χ1) is 9.10. The van der Waals surface area contributed by atoms with Gasteiger partial charge in [0.05, 0.1) is 5.69 Å². The summed E-state index contributed by atoms with van der Waals surface area (Å²) in [4.78, 5) is 15.0. The molecule has 104 valence electrons. The summed E-state index contributed by atoms with van der Waals surface area (Å²) in [7, 11) is 0. The number of nitrogens with zero attached hydrogens (tertiary/aromatic N) is 1. The summed E-state index contributed by atoms with van der Waals surface area (Å²) < 4.78 is 0. The van der Waals surface area contributed by atoms with Crippen molar-refractivity contribution in [1.82, 2.24) is 4.98 Å². The molecule has 2 rings (SSSR count). The number of aromatic carboxylic acids is 1. The molecule has 1 aromatic heterocycles. The Labute approximate surface area is 117 Å². The van der Waals surface area contributed by atoms with Gasteiger partial charge in [-0.1, -0.05) is 0 Å². The molecule has 0 bridgehead atoms. The number of nitrogen functional groups attached to an aromatic ring is 1. The largest absolute Gasteiger partial charge is 0.477 e. The van der Waals surface area contributed by atoms with Crippen molar-refractivity contribution in [2.24, 2.45) is 0 Å². The smallest absolute Gasteiger partial charge is 0.354 e. The van der Waals surface area contributed by atoms with Crippen LogP contribution in [0.2, 0.25) is 0 Å². The van der Waals surface area contributed by atoms with Gasteiger partial charge in [-0.25, -0.2) is 9.78 Å². The first kappa shape index (κ1) is 14.0. The number of hydrogen-bond donors (Lipinski definition) is 3. The molecule has 1 saturated carbocycles. The molecule has 1 fully saturated rings. The van der Waals surface area contributed by atoms with Crippen molar-refractivity contribution < 1.29 is 9.90 Å². The van der Waals surface area contributed by atoms with Crippen LogP contribution in [0.4, 0.5) is 11.5 Å². The third kappa shape index (κ3) is 3.53. The van der Waals surface area contributed by atoms with E-state index in [4.69, 9.17) is 10.8 Å². The fourth-order valence-electron chi connectivity index (χ4n) is 2.34. The van der Waals surface area contributed by atoms with Gasteiger partial charge in [-0.15, -0.1) is 0 Å². The minimum Gasteiger partial charge on any atom is -0.477 e. The molecule has 0 unspecified atom stereocenters. The molecular weight excluding hydrogens is 262 g/mol. The zero-order chi connectivity index (χ0) is 13.8. The molecule has 4 N–H and O–H groups in total. The van der Waals surface area contributed by atoms with E-state index in [1.807, 2.05) is 11.8 Å². The Hall–Kier alpha value is -1.43. The number of nitrogens with two attached hydrogens (primary N) is 1. The maximum Gasteiger partial charge on any atom is 0.354 e. The zero-order valence-electron chi connectivity index (χ0n) is 10.9. The van der Waals surface area contributed by atoms with E-state index < -0.39 is 5.97 Å². The summed E-state index contributed by atoms with van der Waals surface area (Å²) in [5.74, 6) is -0.540. The van der Waals surface area contributed by atoms with E-state index in [2.05, 4.69) is 16.6 Å². The van der Waals surface area contributed by atoms with Gasteiger partial charge in [0.1, 0.15) is 5.82 Å². The molecule has 6 heteroatoms. The first-order valence-corrected chi connectivity index (χ1v) is 7.68. The van der Waals surface area contributed by atoms with E-state index in [9.17, 15) is 4.79 Å². The SMILES string of the molecule is CSC1CCC(Nc2nc(C(=O)O)ccc2N)CC1. The van der Waals surface area contributed by atoms with Crippen LogP contribution in [0.25, 0.3) is 0 Å². The second kappa shape index (κ2) is 6.14. The van der Waals surface area contributed by atoms with Gasteiger partial charge in [0.15, 0.2) is 5.69 Å².